The molecule has 0 saturated carbocycles. The van der Waals surface area contributed by atoms with Crippen molar-refractivity contribution in [1.82, 2.24) is 10.2 Å². The summed E-state index contributed by atoms with van der Waals surface area (Å²) in [6.45, 7) is 2.63. The molecule has 0 aliphatic heterocycles. The van der Waals surface area contributed by atoms with Crippen molar-refractivity contribution < 1.29 is 24.2 Å². The Morgan fingerprint density at radius 3 is 2.48 bits per heavy atom. The summed E-state index contributed by atoms with van der Waals surface area (Å²) in [6.07, 6.45) is 0. The standard InChI is InChI=1S/C21H27N3O5/c1-3-22-20(26)15-29-18-10-8-17(9-11-18)23-21(27)24(12-13-25)14-16-6-4-5-7-19(16)28-2/h4-11,25H,3,12-15H2,1-2H3,(H,22,26)(H,23,27). The van der Waals surface area contributed by atoms with Crippen LogP contribution in [0, 0.1) is 0 Å². The van der Waals surface area contributed by atoms with E-state index in [0.717, 1.165) is 5.56 Å². The van der Waals surface area contributed by atoms with E-state index in [1.54, 1.807) is 31.4 Å². The van der Waals surface area contributed by atoms with Crippen molar-refractivity contribution >= 4 is 17.6 Å². The van der Waals surface area contributed by atoms with Crippen LogP contribution in [0.4, 0.5) is 10.5 Å². The lowest BCUT2D eigenvalue weighted by atomic mass is 10.2. The minimum Gasteiger partial charge on any atom is -0.496 e. The highest BCUT2D eigenvalue weighted by atomic mass is 16.5. The van der Waals surface area contributed by atoms with Crippen LogP contribution in [0.15, 0.2) is 48.5 Å². The quantitative estimate of drug-likeness (QED) is 0.567. The summed E-state index contributed by atoms with van der Waals surface area (Å²) >= 11 is 0. The van der Waals surface area contributed by atoms with Crippen LogP contribution in [0.5, 0.6) is 11.5 Å². The van der Waals surface area contributed by atoms with Crippen molar-refractivity contribution in [2.24, 2.45) is 0 Å². The van der Waals surface area contributed by atoms with Gasteiger partial charge in [0.25, 0.3) is 5.91 Å². The molecule has 2 aromatic carbocycles. The monoisotopic (exact) mass is 401 g/mol. The van der Waals surface area contributed by atoms with Crippen molar-refractivity contribution in [2.45, 2.75) is 13.5 Å². The van der Waals surface area contributed by atoms with Crippen molar-refractivity contribution in [3.63, 3.8) is 0 Å². The molecule has 0 aliphatic carbocycles. The number of likely N-dealkylation sites (N-methyl/N-ethyl adjacent to an activating group) is 1. The predicted octanol–water partition coefficient (Wildman–Crippen LogP) is 2.24. The van der Waals surface area contributed by atoms with Gasteiger partial charge in [0.2, 0.25) is 0 Å². The largest absolute Gasteiger partial charge is 0.496 e. The van der Waals surface area contributed by atoms with Gasteiger partial charge in [-0.15, -0.1) is 0 Å². The van der Waals surface area contributed by atoms with Gasteiger partial charge in [-0.1, -0.05) is 18.2 Å². The molecule has 3 N–H and O–H groups in total. The summed E-state index contributed by atoms with van der Waals surface area (Å²) in [6, 6.07) is 13.8. The van der Waals surface area contributed by atoms with E-state index in [2.05, 4.69) is 10.6 Å². The van der Waals surface area contributed by atoms with Crippen LogP contribution >= 0.6 is 0 Å². The molecule has 0 radical (unpaired) electrons. The second-order valence-corrected chi connectivity index (χ2v) is 6.15. The minimum absolute atomic E-state index is 0.0667. The number of nitrogens with zero attached hydrogens (tertiary/aromatic N) is 1. The van der Waals surface area contributed by atoms with E-state index in [4.69, 9.17) is 9.47 Å². The van der Waals surface area contributed by atoms with Gasteiger partial charge in [0.05, 0.1) is 20.3 Å². The Bertz CT molecular complexity index is 795. The summed E-state index contributed by atoms with van der Waals surface area (Å²) in [5.41, 5.74) is 1.41. The summed E-state index contributed by atoms with van der Waals surface area (Å²) in [5, 5.41) is 14.8. The van der Waals surface area contributed by atoms with Gasteiger partial charge in [0.15, 0.2) is 6.61 Å². The zero-order valence-electron chi connectivity index (χ0n) is 16.7. The first-order valence-electron chi connectivity index (χ1n) is 9.35. The van der Waals surface area contributed by atoms with E-state index >= 15 is 0 Å². The van der Waals surface area contributed by atoms with Crippen molar-refractivity contribution in [1.29, 1.82) is 0 Å². The third-order valence-electron chi connectivity index (χ3n) is 4.06. The molecule has 8 nitrogen and oxygen atoms in total. The Hall–Kier alpha value is -3.26. The lowest BCUT2D eigenvalue weighted by Gasteiger charge is -2.23. The molecule has 0 spiro atoms. The van der Waals surface area contributed by atoms with Crippen LogP contribution in [-0.2, 0) is 11.3 Å². The number of para-hydroxylation sites is 1. The van der Waals surface area contributed by atoms with E-state index in [1.165, 1.54) is 4.90 Å². The number of aliphatic hydroxyl groups excluding tert-OH is 1. The Kier molecular flexibility index (Phi) is 8.78. The van der Waals surface area contributed by atoms with E-state index in [9.17, 15) is 14.7 Å². The third kappa shape index (κ3) is 7.00. The molecule has 2 aromatic rings. The van der Waals surface area contributed by atoms with Crippen LogP contribution in [0.25, 0.3) is 0 Å². The highest BCUT2D eigenvalue weighted by molar-refractivity contribution is 5.89. The normalized spacial score (nSPS) is 10.2. The number of anilines is 1. The van der Waals surface area contributed by atoms with Gasteiger partial charge in [-0.25, -0.2) is 4.79 Å². The second kappa shape index (κ2) is 11.6. The average molecular weight is 401 g/mol. The summed E-state index contributed by atoms with van der Waals surface area (Å²) in [5.74, 6) is 1.01. The first kappa shape index (κ1) is 22.0. The van der Waals surface area contributed by atoms with E-state index in [1.807, 2.05) is 31.2 Å². The molecule has 29 heavy (non-hydrogen) atoms. The number of methoxy groups -OCH3 is 1. The average Bonchev–Trinajstić information content (AvgIpc) is 2.73. The van der Waals surface area contributed by atoms with E-state index in [0.29, 0.717) is 30.3 Å². The van der Waals surface area contributed by atoms with Gasteiger partial charge in [-0.05, 0) is 37.3 Å². The van der Waals surface area contributed by atoms with Crippen LogP contribution in [0.3, 0.4) is 0 Å². The molecule has 0 aromatic heterocycles. The van der Waals surface area contributed by atoms with Gasteiger partial charge < -0.3 is 30.1 Å². The molecule has 8 heteroatoms. The lowest BCUT2D eigenvalue weighted by molar-refractivity contribution is -0.122. The minimum atomic E-state index is -0.346. The highest BCUT2D eigenvalue weighted by Crippen LogP contribution is 2.20. The lowest BCUT2D eigenvalue weighted by Crippen LogP contribution is -2.36. The molecule has 156 valence electrons. The highest BCUT2D eigenvalue weighted by Gasteiger charge is 2.16. The Balaban J connectivity index is 1.97. The Morgan fingerprint density at radius 1 is 1.10 bits per heavy atom. The van der Waals surface area contributed by atoms with Crippen LogP contribution in [0.2, 0.25) is 0 Å². The zero-order chi connectivity index (χ0) is 21.1. The molecule has 2 rings (SSSR count). The molecular weight excluding hydrogens is 374 g/mol. The maximum atomic E-state index is 12.7. The molecule has 0 aliphatic rings. The van der Waals surface area contributed by atoms with Crippen LogP contribution < -0.4 is 20.1 Å². The van der Waals surface area contributed by atoms with E-state index in [-0.39, 0.29) is 31.7 Å². The number of rotatable bonds is 10. The number of aliphatic hydroxyl groups is 1. The Morgan fingerprint density at radius 2 is 1.83 bits per heavy atom. The maximum absolute atomic E-state index is 12.7. The molecule has 0 bridgehead atoms. The molecule has 3 amide bonds. The summed E-state index contributed by atoms with van der Waals surface area (Å²) in [4.78, 5) is 25.6. The van der Waals surface area contributed by atoms with Crippen molar-refractivity contribution in [2.75, 3.05) is 38.7 Å². The molecule has 0 atom stereocenters. The fraction of sp³-hybridized carbons (Fsp3) is 0.333. The van der Waals surface area contributed by atoms with Crippen molar-refractivity contribution in [3.8, 4) is 11.5 Å². The first-order valence-corrected chi connectivity index (χ1v) is 9.35. The van der Waals surface area contributed by atoms with Crippen molar-refractivity contribution in [3.05, 3.63) is 54.1 Å². The fourth-order valence-electron chi connectivity index (χ4n) is 2.65. The number of carbonyl (C=O) groups excluding carboxylic acids is 2. The van der Waals surface area contributed by atoms with Crippen LogP contribution in [0.1, 0.15) is 12.5 Å². The number of nitrogens with one attached hydrogen (secondary N) is 2. The van der Waals surface area contributed by atoms with E-state index < -0.39 is 0 Å². The van der Waals surface area contributed by atoms with Gasteiger partial charge >= 0.3 is 6.03 Å². The van der Waals surface area contributed by atoms with Gasteiger partial charge in [-0.2, -0.15) is 0 Å². The molecule has 0 saturated heterocycles. The topological polar surface area (TPSA) is 100 Å². The first-order chi connectivity index (χ1) is 14.1. The zero-order valence-corrected chi connectivity index (χ0v) is 16.7. The van der Waals surface area contributed by atoms with Crippen LogP contribution in [-0.4, -0.2) is 55.4 Å². The number of hydrogen-bond acceptors (Lipinski definition) is 5. The summed E-state index contributed by atoms with van der Waals surface area (Å²) < 4.78 is 10.7. The fourth-order valence-corrected chi connectivity index (χ4v) is 2.65. The van der Waals surface area contributed by atoms with Gasteiger partial charge in [-0.3, -0.25) is 4.79 Å². The number of urea groups is 1. The third-order valence-corrected chi connectivity index (χ3v) is 4.06. The predicted molar refractivity (Wildman–Crippen MR) is 110 cm³/mol. The Labute approximate surface area is 170 Å². The molecule has 0 fully saturated rings. The molecular formula is C21H27N3O5. The molecule has 0 heterocycles. The number of carbonyl (C=O) groups is 2. The second-order valence-electron chi connectivity index (χ2n) is 6.15. The van der Waals surface area contributed by atoms with Gasteiger partial charge in [0.1, 0.15) is 11.5 Å². The number of ether oxygens (including phenoxy) is 2. The number of amides is 3. The maximum Gasteiger partial charge on any atom is 0.322 e. The number of hydrogen-bond donors (Lipinski definition) is 3. The smallest absolute Gasteiger partial charge is 0.322 e. The van der Waals surface area contributed by atoms with Gasteiger partial charge in [0, 0.05) is 24.3 Å². The number of benzene rings is 2. The summed E-state index contributed by atoms with van der Waals surface area (Å²) in [7, 11) is 1.57. The SMILES string of the molecule is CCNC(=O)COc1ccc(NC(=O)N(CCO)Cc2ccccc2OC)cc1. The molecule has 0 unspecified atom stereocenters.